The van der Waals surface area contributed by atoms with Crippen molar-refractivity contribution in [3.8, 4) is 11.8 Å². The fraction of sp³-hybridized carbons (Fsp3) is 0.308. The number of aromatic nitrogens is 1. The molecule has 0 amide bonds. The Bertz CT molecular complexity index is 557. The van der Waals surface area contributed by atoms with Crippen molar-refractivity contribution in [1.82, 2.24) is 10.3 Å². The Kier molecular flexibility index (Phi) is 4.39. The fourth-order valence-electron chi connectivity index (χ4n) is 1.38. The summed E-state index contributed by atoms with van der Waals surface area (Å²) in [6, 6.07) is 4.83. The molecular weight excluding hydrogens is 271 g/mol. The van der Waals surface area contributed by atoms with Crippen LogP contribution >= 0.6 is 11.6 Å². The van der Waals surface area contributed by atoms with Crippen molar-refractivity contribution in [1.29, 1.82) is 0 Å². The summed E-state index contributed by atoms with van der Waals surface area (Å²) in [6.07, 6.45) is 1.45. The Labute approximate surface area is 115 Å². The van der Waals surface area contributed by atoms with Gasteiger partial charge in [0.2, 0.25) is 0 Å². The first-order valence-electron chi connectivity index (χ1n) is 5.86. The molecule has 0 saturated carbocycles. The number of nitrogens with one attached hydrogen (secondary N) is 1. The van der Waals surface area contributed by atoms with E-state index in [4.69, 9.17) is 20.8 Å². The molecule has 2 rings (SSSR count). The predicted octanol–water partition coefficient (Wildman–Crippen LogP) is 3.76. The van der Waals surface area contributed by atoms with Gasteiger partial charge < -0.3 is 14.5 Å². The van der Waals surface area contributed by atoms with E-state index < -0.39 is 5.82 Å². The van der Waals surface area contributed by atoms with Gasteiger partial charge in [0, 0.05) is 12.6 Å². The van der Waals surface area contributed by atoms with Gasteiger partial charge in [-0.2, -0.15) is 4.98 Å². The van der Waals surface area contributed by atoms with Gasteiger partial charge in [-0.15, -0.1) is 0 Å². The van der Waals surface area contributed by atoms with Crippen LogP contribution in [0.1, 0.15) is 19.5 Å². The van der Waals surface area contributed by atoms with Gasteiger partial charge in [0.25, 0.3) is 0 Å². The van der Waals surface area contributed by atoms with Gasteiger partial charge in [-0.25, -0.2) is 4.39 Å². The lowest BCUT2D eigenvalue weighted by Crippen LogP contribution is -2.21. The molecule has 1 N–H and O–H groups in total. The minimum Gasteiger partial charge on any atom is -0.417 e. The average Bonchev–Trinajstić information content (AvgIpc) is 2.80. The highest BCUT2D eigenvalue weighted by Crippen LogP contribution is 2.28. The van der Waals surface area contributed by atoms with E-state index in [2.05, 4.69) is 10.3 Å². The van der Waals surface area contributed by atoms with Crippen molar-refractivity contribution in [2.45, 2.75) is 26.4 Å². The molecule has 1 aromatic heterocycles. The second-order valence-corrected chi connectivity index (χ2v) is 4.70. The Morgan fingerprint density at radius 1 is 1.47 bits per heavy atom. The Morgan fingerprint density at radius 3 is 3.00 bits per heavy atom. The van der Waals surface area contributed by atoms with Crippen molar-refractivity contribution in [3.05, 3.63) is 41.0 Å². The van der Waals surface area contributed by atoms with Crippen molar-refractivity contribution in [2.75, 3.05) is 0 Å². The van der Waals surface area contributed by atoms with Gasteiger partial charge in [0.05, 0.1) is 10.7 Å². The SMILES string of the molecule is CC(C)NCc1coc(Oc2cccc(Cl)c2F)n1. The van der Waals surface area contributed by atoms with E-state index in [1.165, 1.54) is 18.4 Å². The number of hydrogen-bond donors (Lipinski definition) is 1. The van der Waals surface area contributed by atoms with Crippen LogP contribution in [-0.2, 0) is 6.54 Å². The molecule has 0 spiro atoms. The normalized spacial score (nSPS) is 11.0. The van der Waals surface area contributed by atoms with E-state index in [9.17, 15) is 4.39 Å². The van der Waals surface area contributed by atoms with Crippen LogP contribution in [0.5, 0.6) is 11.8 Å². The highest BCUT2D eigenvalue weighted by atomic mass is 35.5. The molecule has 0 aliphatic rings. The summed E-state index contributed by atoms with van der Waals surface area (Å²) in [5.74, 6) is -0.651. The number of halogens is 2. The van der Waals surface area contributed by atoms with Crippen molar-refractivity contribution < 1.29 is 13.5 Å². The van der Waals surface area contributed by atoms with Gasteiger partial charge in [0.15, 0.2) is 11.6 Å². The molecule has 2 aromatic rings. The summed E-state index contributed by atoms with van der Waals surface area (Å²) in [4.78, 5) is 4.09. The standard InChI is InChI=1S/C13H14ClFN2O2/c1-8(2)16-6-9-7-18-13(17-9)19-11-5-3-4-10(14)12(11)15/h3-5,7-8,16H,6H2,1-2H3. The first kappa shape index (κ1) is 13.8. The third-order valence-corrected chi connectivity index (χ3v) is 2.63. The molecular formula is C13H14ClFN2O2. The van der Waals surface area contributed by atoms with Crippen molar-refractivity contribution >= 4 is 11.6 Å². The largest absolute Gasteiger partial charge is 0.417 e. The molecule has 0 aliphatic carbocycles. The number of rotatable bonds is 5. The Balaban J connectivity index is 2.05. The van der Waals surface area contributed by atoms with Crippen LogP contribution in [-0.4, -0.2) is 11.0 Å². The fourth-order valence-corrected chi connectivity index (χ4v) is 1.55. The Hall–Kier alpha value is -1.59. The molecule has 19 heavy (non-hydrogen) atoms. The lowest BCUT2D eigenvalue weighted by Gasteiger charge is -2.04. The number of ether oxygens (including phenoxy) is 1. The molecule has 1 aromatic carbocycles. The molecule has 1 heterocycles. The third kappa shape index (κ3) is 3.68. The smallest absolute Gasteiger partial charge is 0.399 e. The van der Waals surface area contributed by atoms with Crippen LogP contribution in [0.2, 0.25) is 5.02 Å². The molecule has 0 fully saturated rings. The zero-order valence-corrected chi connectivity index (χ0v) is 11.4. The van der Waals surface area contributed by atoms with Crippen molar-refractivity contribution in [2.24, 2.45) is 0 Å². The summed E-state index contributed by atoms with van der Waals surface area (Å²) >= 11 is 5.65. The maximum Gasteiger partial charge on any atom is 0.399 e. The van der Waals surface area contributed by atoms with Crippen LogP contribution in [0.3, 0.4) is 0 Å². The molecule has 4 nitrogen and oxygen atoms in total. The quantitative estimate of drug-likeness (QED) is 0.908. The van der Waals surface area contributed by atoms with Crippen LogP contribution in [0.25, 0.3) is 0 Å². The first-order valence-corrected chi connectivity index (χ1v) is 6.23. The molecule has 0 aliphatic heterocycles. The highest BCUT2D eigenvalue weighted by molar-refractivity contribution is 6.30. The second kappa shape index (κ2) is 6.04. The van der Waals surface area contributed by atoms with E-state index in [1.807, 2.05) is 13.8 Å². The minimum absolute atomic E-state index is 0.00856. The Morgan fingerprint density at radius 2 is 2.26 bits per heavy atom. The van der Waals surface area contributed by atoms with Gasteiger partial charge in [-0.1, -0.05) is 31.5 Å². The average molecular weight is 285 g/mol. The zero-order valence-electron chi connectivity index (χ0n) is 10.6. The van der Waals surface area contributed by atoms with Crippen LogP contribution in [0, 0.1) is 5.82 Å². The summed E-state index contributed by atoms with van der Waals surface area (Å²) in [7, 11) is 0. The van der Waals surface area contributed by atoms with E-state index in [0.717, 1.165) is 0 Å². The lowest BCUT2D eigenvalue weighted by atomic mass is 10.3. The van der Waals surface area contributed by atoms with Crippen LogP contribution < -0.4 is 10.1 Å². The maximum absolute atomic E-state index is 13.6. The first-order chi connectivity index (χ1) is 9.06. The summed E-state index contributed by atoms with van der Waals surface area (Å²) in [6.45, 7) is 4.61. The molecule has 0 radical (unpaired) electrons. The summed E-state index contributed by atoms with van der Waals surface area (Å²) in [5, 5.41) is 3.18. The van der Waals surface area contributed by atoms with E-state index in [-0.39, 0.29) is 16.8 Å². The molecule has 0 atom stereocenters. The van der Waals surface area contributed by atoms with Crippen LogP contribution in [0.4, 0.5) is 4.39 Å². The van der Waals surface area contributed by atoms with Gasteiger partial charge in [-0.3, -0.25) is 0 Å². The van der Waals surface area contributed by atoms with E-state index >= 15 is 0 Å². The monoisotopic (exact) mass is 284 g/mol. The minimum atomic E-state index is -0.635. The maximum atomic E-state index is 13.6. The highest BCUT2D eigenvalue weighted by Gasteiger charge is 2.12. The second-order valence-electron chi connectivity index (χ2n) is 4.29. The van der Waals surface area contributed by atoms with E-state index in [1.54, 1.807) is 6.07 Å². The van der Waals surface area contributed by atoms with E-state index in [0.29, 0.717) is 18.3 Å². The predicted molar refractivity (Wildman–Crippen MR) is 70.0 cm³/mol. The van der Waals surface area contributed by atoms with Gasteiger partial charge in [-0.05, 0) is 12.1 Å². The van der Waals surface area contributed by atoms with Gasteiger partial charge >= 0.3 is 6.08 Å². The summed E-state index contributed by atoms with van der Waals surface area (Å²) < 4.78 is 23.9. The zero-order chi connectivity index (χ0) is 13.8. The number of oxazole rings is 1. The molecule has 102 valence electrons. The van der Waals surface area contributed by atoms with Crippen molar-refractivity contribution in [3.63, 3.8) is 0 Å². The number of nitrogens with zero attached hydrogens (tertiary/aromatic N) is 1. The topological polar surface area (TPSA) is 47.3 Å². The third-order valence-electron chi connectivity index (χ3n) is 2.34. The molecule has 0 saturated heterocycles. The molecule has 0 unspecified atom stereocenters. The van der Waals surface area contributed by atoms with Gasteiger partial charge in [0.1, 0.15) is 6.26 Å². The summed E-state index contributed by atoms with van der Waals surface area (Å²) in [5.41, 5.74) is 0.686. The molecule has 6 heteroatoms. The molecule has 0 bridgehead atoms. The number of benzene rings is 1. The van der Waals surface area contributed by atoms with Crippen LogP contribution in [0.15, 0.2) is 28.9 Å². The lowest BCUT2D eigenvalue weighted by molar-refractivity contribution is 0.318. The number of hydrogen-bond acceptors (Lipinski definition) is 4.